The summed E-state index contributed by atoms with van der Waals surface area (Å²) in [4.78, 5) is 4.22. The van der Waals surface area contributed by atoms with Gasteiger partial charge in [-0.25, -0.2) is 4.98 Å². The fourth-order valence-corrected chi connectivity index (χ4v) is 1.87. The van der Waals surface area contributed by atoms with Crippen molar-refractivity contribution in [3.8, 4) is 0 Å². The van der Waals surface area contributed by atoms with Crippen molar-refractivity contribution in [1.29, 1.82) is 0 Å². The van der Waals surface area contributed by atoms with Crippen LogP contribution in [0.5, 0.6) is 0 Å². The second-order valence-corrected chi connectivity index (χ2v) is 4.60. The minimum Gasteiger partial charge on any atom is -0.392 e. The topological polar surface area (TPSA) is 50.1 Å². The van der Waals surface area contributed by atoms with E-state index in [4.69, 9.17) is 16.7 Å². The number of aliphatic hydroxyl groups excluding tert-OH is 1. The van der Waals surface area contributed by atoms with E-state index in [0.717, 1.165) is 22.6 Å². The third-order valence-electron chi connectivity index (χ3n) is 2.95. The van der Waals surface area contributed by atoms with E-state index in [-0.39, 0.29) is 6.61 Å². The van der Waals surface area contributed by atoms with Crippen molar-refractivity contribution in [3.05, 3.63) is 46.5 Å². The number of hydrogen-bond acceptors (Lipinski definition) is 3. The molecular formula is C13H16ClN3O. The zero-order chi connectivity index (χ0) is 13.1. The van der Waals surface area contributed by atoms with Gasteiger partial charge < -0.3 is 15.0 Å². The smallest absolute Gasteiger partial charge is 0.128 e. The van der Waals surface area contributed by atoms with Crippen LogP contribution in [0.15, 0.2) is 24.4 Å². The highest BCUT2D eigenvalue weighted by molar-refractivity contribution is 6.29. The van der Waals surface area contributed by atoms with E-state index in [1.807, 2.05) is 36.7 Å². The molecule has 18 heavy (non-hydrogen) atoms. The number of anilines is 1. The van der Waals surface area contributed by atoms with E-state index < -0.39 is 0 Å². The van der Waals surface area contributed by atoms with Crippen LogP contribution in [0.4, 0.5) is 5.69 Å². The molecule has 0 amide bonds. The minimum atomic E-state index is 0.0448. The van der Waals surface area contributed by atoms with Gasteiger partial charge in [-0.2, -0.15) is 0 Å². The van der Waals surface area contributed by atoms with Gasteiger partial charge in [-0.05, 0) is 24.1 Å². The van der Waals surface area contributed by atoms with Gasteiger partial charge >= 0.3 is 0 Å². The van der Waals surface area contributed by atoms with Gasteiger partial charge in [0.15, 0.2) is 0 Å². The van der Waals surface area contributed by atoms with Gasteiger partial charge in [0.2, 0.25) is 0 Å². The van der Waals surface area contributed by atoms with Crippen LogP contribution in [0.2, 0.25) is 5.15 Å². The van der Waals surface area contributed by atoms with E-state index in [1.165, 1.54) is 0 Å². The Bertz CT molecular complexity index is 551. The largest absolute Gasteiger partial charge is 0.392 e. The Morgan fingerprint density at radius 2 is 2.22 bits per heavy atom. The number of benzene rings is 1. The highest BCUT2D eigenvalue weighted by atomic mass is 35.5. The fraction of sp³-hybridized carbons (Fsp3) is 0.308. The lowest BCUT2D eigenvalue weighted by molar-refractivity contribution is 0.282. The number of aromatic nitrogens is 2. The van der Waals surface area contributed by atoms with Crippen molar-refractivity contribution in [2.45, 2.75) is 20.1 Å². The van der Waals surface area contributed by atoms with Gasteiger partial charge in [0.25, 0.3) is 0 Å². The predicted molar refractivity (Wildman–Crippen MR) is 72.6 cm³/mol. The zero-order valence-electron chi connectivity index (χ0n) is 10.4. The molecule has 0 saturated carbocycles. The molecule has 0 aliphatic rings. The minimum absolute atomic E-state index is 0.0448. The molecule has 0 radical (unpaired) electrons. The summed E-state index contributed by atoms with van der Waals surface area (Å²) in [5.74, 6) is 0.869. The van der Waals surface area contributed by atoms with Crippen molar-refractivity contribution in [2.75, 3.05) is 5.32 Å². The Kier molecular flexibility index (Phi) is 3.89. The first-order valence-electron chi connectivity index (χ1n) is 5.72. The van der Waals surface area contributed by atoms with Crippen LogP contribution in [-0.4, -0.2) is 14.7 Å². The van der Waals surface area contributed by atoms with Crippen molar-refractivity contribution in [3.63, 3.8) is 0 Å². The molecule has 4 nitrogen and oxygen atoms in total. The molecule has 2 aromatic rings. The predicted octanol–water partition coefficient (Wildman–Crippen LogP) is 2.49. The summed E-state index contributed by atoms with van der Waals surface area (Å²) < 4.78 is 1.83. The van der Waals surface area contributed by atoms with Crippen molar-refractivity contribution >= 4 is 17.3 Å². The van der Waals surface area contributed by atoms with Crippen molar-refractivity contribution in [2.24, 2.45) is 7.05 Å². The van der Waals surface area contributed by atoms with E-state index in [1.54, 1.807) is 6.20 Å². The maximum absolute atomic E-state index is 9.12. The second-order valence-electron chi connectivity index (χ2n) is 4.22. The number of aliphatic hydroxyl groups is 1. The Morgan fingerprint density at radius 3 is 2.83 bits per heavy atom. The Morgan fingerprint density at radius 1 is 1.44 bits per heavy atom. The molecule has 0 atom stereocenters. The van der Waals surface area contributed by atoms with E-state index in [2.05, 4.69) is 10.3 Å². The number of nitrogens with zero attached hydrogens (tertiary/aromatic N) is 2. The highest BCUT2D eigenvalue weighted by Crippen LogP contribution is 2.18. The van der Waals surface area contributed by atoms with Gasteiger partial charge in [-0.1, -0.05) is 23.7 Å². The Balaban J connectivity index is 2.12. The van der Waals surface area contributed by atoms with Crippen LogP contribution in [-0.2, 0) is 20.2 Å². The van der Waals surface area contributed by atoms with Crippen LogP contribution in [0.1, 0.15) is 17.0 Å². The van der Waals surface area contributed by atoms with Gasteiger partial charge in [0, 0.05) is 12.7 Å². The number of hydrogen-bond donors (Lipinski definition) is 2. The van der Waals surface area contributed by atoms with E-state index in [0.29, 0.717) is 11.7 Å². The maximum atomic E-state index is 9.12. The van der Waals surface area contributed by atoms with E-state index in [9.17, 15) is 0 Å². The lowest BCUT2D eigenvalue weighted by Gasteiger charge is -2.11. The highest BCUT2D eigenvalue weighted by Gasteiger charge is 2.05. The number of rotatable bonds is 4. The molecule has 0 aliphatic heterocycles. The molecule has 2 N–H and O–H groups in total. The average Bonchev–Trinajstić information content (AvgIpc) is 2.69. The lowest BCUT2D eigenvalue weighted by Crippen LogP contribution is -2.07. The summed E-state index contributed by atoms with van der Waals surface area (Å²) in [7, 11) is 1.88. The second kappa shape index (κ2) is 5.42. The first-order chi connectivity index (χ1) is 8.61. The first kappa shape index (κ1) is 12.9. The normalized spacial score (nSPS) is 10.7. The Labute approximate surface area is 111 Å². The molecule has 1 aromatic carbocycles. The van der Waals surface area contributed by atoms with Crippen LogP contribution in [0.3, 0.4) is 0 Å². The summed E-state index contributed by atoms with van der Waals surface area (Å²) >= 11 is 5.93. The van der Waals surface area contributed by atoms with Crippen LogP contribution >= 0.6 is 11.6 Å². The summed E-state index contributed by atoms with van der Waals surface area (Å²) in [5.41, 5.74) is 3.02. The van der Waals surface area contributed by atoms with Gasteiger partial charge in [-0.3, -0.25) is 0 Å². The van der Waals surface area contributed by atoms with Crippen LogP contribution in [0.25, 0.3) is 0 Å². The molecule has 2 rings (SSSR count). The molecule has 5 heteroatoms. The third kappa shape index (κ3) is 2.66. The summed E-state index contributed by atoms with van der Waals surface area (Å²) in [6.45, 7) is 2.66. The average molecular weight is 266 g/mol. The van der Waals surface area contributed by atoms with Gasteiger partial charge in [0.1, 0.15) is 11.0 Å². The van der Waals surface area contributed by atoms with Gasteiger partial charge in [-0.15, -0.1) is 0 Å². The molecular weight excluding hydrogens is 250 g/mol. The van der Waals surface area contributed by atoms with Gasteiger partial charge in [0.05, 0.1) is 19.3 Å². The number of nitrogens with one attached hydrogen (secondary N) is 1. The zero-order valence-corrected chi connectivity index (χ0v) is 11.2. The van der Waals surface area contributed by atoms with Crippen LogP contribution < -0.4 is 5.32 Å². The molecule has 96 valence electrons. The maximum Gasteiger partial charge on any atom is 0.128 e. The molecule has 1 aromatic heterocycles. The summed E-state index contributed by atoms with van der Waals surface area (Å²) in [5, 5.41) is 13.0. The molecule has 0 unspecified atom stereocenters. The lowest BCUT2D eigenvalue weighted by atomic mass is 10.1. The number of imidazole rings is 1. The molecule has 1 heterocycles. The van der Waals surface area contributed by atoms with Crippen molar-refractivity contribution < 1.29 is 5.11 Å². The molecule has 0 aliphatic carbocycles. The molecule has 0 saturated heterocycles. The SMILES string of the molecule is Cc1ccc(CO)cc1NCc1ncc(Cl)n1C. The first-order valence-corrected chi connectivity index (χ1v) is 6.10. The van der Waals surface area contributed by atoms with Crippen LogP contribution in [0, 0.1) is 6.92 Å². The quantitative estimate of drug-likeness (QED) is 0.893. The fourth-order valence-electron chi connectivity index (χ4n) is 1.72. The molecule has 0 spiro atoms. The third-order valence-corrected chi connectivity index (χ3v) is 3.30. The molecule has 0 fully saturated rings. The number of aryl methyl sites for hydroxylation is 1. The molecule has 0 bridgehead atoms. The van der Waals surface area contributed by atoms with E-state index >= 15 is 0 Å². The monoisotopic (exact) mass is 265 g/mol. The Hall–Kier alpha value is -1.52. The van der Waals surface area contributed by atoms with Crippen molar-refractivity contribution in [1.82, 2.24) is 9.55 Å². The standard InChI is InChI=1S/C13H16ClN3O/c1-9-3-4-10(8-18)5-11(9)15-7-13-16-6-12(14)17(13)2/h3-6,15,18H,7-8H2,1-2H3. The number of halogens is 1. The summed E-state index contributed by atoms with van der Waals surface area (Å²) in [6.07, 6.45) is 1.63. The summed E-state index contributed by atoms with van der Waals surface area (Å²) in [6, 6.07) is 5.84.